The first-order valence-electron chi connectivity index (χ1n) is 4.43. The molecule has 0 saturated heterocycles. The zero-order valence-corrected chi connectivity index (χ0v) is 7.92. The number of nitrogens with two attached hydrogens (primary N) is 1. The lowest BCUT2D eigenvalue weighted by Crippen LogP contribution is -2.21. The van der Waals surface area contributed by atoms with Gasteiger partial charge in [-0.25, -0.2) is 4.84 Å². The van der Waals surface area contributed by atoms with Crippen LogP contribution in [0.25, 0.3) is 0 Å². The molecule has 0 saturated carbocycles. The van der Waals surface area contributed by atoms with Crippen molar-refractivity contribution < 1.29 is 14.5 Å². The minimum absolute atomic E-state index is 0.321. The molecule has 2 rings (SSSR count). The molecule has 0 aromatic heterocycles. The first-order valence-corrected chi connectivity index (χ1v) is 4.43. The topological polar surface area (TPSA) is 64.8 Å². The van der Waals surface area contributed by atoms with Crippen LogP contribution in [0.1, 0.15) is 10.4 Å². The van der Waals surface area contributed by atoms with Crippen molar-refractivity contribution in [2.75, 3.05) is 6.61 Å². The fourth-order valence-corrected chi connectivity index (χ4v) is 1.19. The van der Waals surface area contributed by atoms with Gasteiger partial charge in [0.1, 0.15) is 0 Å². The third kappa shape index (κ3) is 2.08. The van der Waals surface area contributed by atoms with E-state index in [2.05, 4.69) is 0 Å². The van der Waals surface area contributed by atoms with Crippen LogP contribution in [0.3, 0.4) is 0 Å². The summed E-state index contributed by atoms with van der Waals surface area (Å²) in [6.45, 7) is 0.457. The molecule has 0 fully saturated rings. The van der Waals surface area contributed by atoms with Gasteiger partial charge in [-0.05, 0) is 18.2 Å². The van der Waals surface area contributed by atoms with Gasteiger partial charge in [0, 0.05) is 0 Å². The van der Waals surface area contributed by atoms with Crippen molar-refractivity contribution in [3.05, 3.63) is 42.1 Å². The third-order valence-electron chi connectivity index (χ3n) is 1.87. The van der Waals surface area contributed by atoms with E-state index < -0.39 is 5.91 Å². The predicted molar refractivity (Wildman–Crippen MR) is 52.5 cm³/mol. The van der Waals surface area contributed by atoms with Gasteiger partial charge in [0.05, 0.1) is 18.4 Å². The smallest absolute Gasteiger partial charge is 0.252 e. The molecule has 0 bridgehead atoms. The molecular formula is C10H10N2O3. The van der Waals surface area contributed by atoms with Crippen molar-refractivity contribution in [1.29, 1.82) is 0 Å². The fraction of sp³-hybridized carbons (Fsp3) is 0.100. The normalized spacial score (nSPS) is 14.3. The molecule has 1 heterocycles. The maximum absolute atomic E-state index is 11.1. The lowest BCUT2D eigenvalue weighted by molar-refractivity contribution is -0.263. The Labute approximate surface area is 86.6 Å². The average molecular weight is 206 g/mol. The number of carbonyl (C=O) groups excluding carboxylic acids is 1. The minimum atomic E-state index is -0.534. The molecule has 1 aliphatic rings. The molecule has 78 valence electrons. The Kier molecular flexibility index (Phi) is 2.55. The summed E-state index contributed by atoms with van der Waals surface area (Å²) in [6.07, 6.45) is 3.41. The second-order valence-electron chi connectivity index (χ2n) is 2.92. The van der Waals surface area contributed by atoms with Gasteiger partial charge in [0.25, 0.3) is 5.91 Å². The Morgan fingerprint density at radius 2 is 2.27 bits per heavy atom. The van der Waals surface area contributed by atoms with Crippen LogP contribution in [-0.4, -0.2) is 17.7 Å². The molecule has 0 aliphatic carbocycles. The Morgan fingerprint density at radius 1 is 1.47 bits per heavy atom. The van der Waals surface area contributed by atoms with Crippen molar-refractivity contribution in [2.45, 2.75) is 0 Å². The van der Waals surface area contributed by atoms with Crippen molar-refractivity contribution in [3.63, 3.8) is 0 Å². The summed E-state index contributed by atoms with van der Waals surface area (Å²) in [7, 11) is 0. The highest BCUT2D eigenvalue weighted by molar-refractivity contribution is 5.95. The van der Waals surface area contributed by atoms with Gasteiger partial charge in [-0.2, -0.15) is 0 Å². The second-order valence-corrected chi connectivity index (χ2v) is 2.92. The Bertz CT molecular complexity index is 403. The van der Waals surface area contributed by atoms with E-state index >= 15 is 0 Å². The molecule has 0 atom stereocenters. The van der Waals surface area contributed by atoms with E-state index in [1.807, 2.05) is 0 Å². The summed E-state index contributed by atoms with van der Waals surface area (Å²) in [4.78, 5) is 21.4. The summed E-state index contributed by atoms with van der Waals surface area (Å²) < 4.78 is 0. The number of rotatable bonds is 3. The molecule has 0 unspecified atom stereocenters. The second kappa shape index (κ2) is 4.02. The highest BCUT2D eigenvalue weighted by Gasteiger charge is 2.13. The number of para-hydroxylation sites is 1. The summed E-state index contributed by atoms with van der Waals surface area (Å²) >= 11 is 0. The number of carbonyl (C=O) groups is 1. The SMILES string of the molecule is NC(=O)c1ccccc1ON1C=CCO1. The molecule has 15 heavy (non-hydrogen) atoms. The van der Waals surface area contributed by atoms with Crippen LogP contribution in [-0.2, 0) is 4.84 Å². The minimum Gasteiger partial charge on any atom is -0.365 e. The van der Waals surface area contributed by atoms with Gasteiger partial charge < -0.3 is 10.6 Å². The largest absolute Gasteiger partial charge is 0.365 e. The standard InChI is InChI=1S/C10H10N2O3/c11-10(13)8-4-1-2-5-9(8)15-12-6-3-7-14-12/h1-6H,7H2,(H2,11,13). The van der Waals surface area contributed by atoms with E-state index in [-0.39, 0.29) is 0 Å². The van der Waals surface area contributed by atoms with Gasteiger partial charge >= 0.3 is 0 Å². The van der Waals surface area contributed by atoms with Crippen LogP contribution in [0.5, 0.6) is 5.75 Å². The van der Waals surface area contributed by atoms with E-state index in [0.29, 0.717) is 17.9 Å². The van der Waals surface area contributed by atoms with Crippen molar-refractivity contribution in [1.82, 2.24) is 5.23 Å². The Morgan fingerprint density at radius 3 is 2.93 bits per heavy atom. The van der Waals surface area contributed by atoms with E-state index in [1.165, 1.54) is 5.23 Å². The summed E-state index contributed by atoms with van der Waals surface area (Å²) in [5, 5.41) is 1.18. The van der Waals surface area contributed by atoms with Gasteiger partial charge in [-0.1, -0.05) is 17.4 Å². The number of hydrogen-bond acceptors (Lipinski definition) is 4. The molecule has 1 aromatic carbocycles. The zero-order chi connectivity index (χ0) is 10.7. The van der Waals surface area contributed by atoms with Crippen LogP contribution in [0.2, 0.25) is 0 Å². The number of hydroxylamine groups is 2. The lowest BCUT2D eigenvalue weighted by atomic mass is 10.2. The molecule has 0 radical (unpaired) electrons. The summed E-state index contributed by atoms with van der Waals surface area (Å²) in [6, 6.07) is 6.71. The number of primary amides is 1. The van der Waals surface area contributed by atoms with Gasteiger partial charge in [-0.3, -0.25) is 4.79 Å². The Balaban J connectivity index is 2.19. The molecule has 1 aliphatic heterocycles. The molecule has 5 nitrogen and oxygen atoms in total. The molecule has 2 N–H and O–H groups in total. The number of amides is 1. The van der Waals surface area contributed by atoms with Gasteiger partial charge in [-0.15, -0.1) is 0 Å². The third-order valence-corrected chi connectivity index (χ3v) is 1.87. The number of hydrogen-bond donors (Lipinski definition) is 1. The monoisotopic (exact) mass is 206 g/mol. The molecule has 0 spiro atoms. The van der Waals surface area contributed by atoms with Crippen LogP contribution < -0.4 is 10.6 Å². The predicted octanol–water partition coefficient (Wildman–Crippen LogP) is 0.840. The molecule has 1 amide bonds. The summed E-state index contributed by atoms with van der Waals surface area (Å²) in [5.74, 6) is -0.162. The molecule has 1 aromatic rings. The van der Waals surface area contributed by atoms with E-state index in [1.54, 1.807) is 36.5 Å². The van der Waals surface area contributed by atoms with Crippen LogP contribution in [0, 0.1) is 0 Å². The van der Waals surface area contributed by atoms with Crippen molar-refractivity contribution in [2.24, 2.45) is 5.73 Å². The molecule has 5 heteroatoms. The zero-order valence-electron chi connectivity index (χ0n) is 7.92. The number of nitrogens with zero attached hydrogens (tertiary/aromatic N) is 1. The number of benzene rings is 1. The summed E-state index contributed by atoms with van der Waals surface area (Å²) in [5.41, 5.74) is 5.51. The maximum Gasteiger partial charge on any atom is 0.252 e. The molecular weight excluding hydrogens is 196 g/mol. The van der Waals surface area contributed by atoms with E-state index in [9.17, 15) is 4.79 Å². The lowest BCUT2D eigenvalue weighted by Gasteiger charge is -2.15. The van der Waals surface area contributed by atoms with Gasteiger partial charge in [0.15, 0.2) is 5.75 Å². The van der Waals surface area contributed by atoms with Gasteiger partial charge in [0.2, 0.25) is 0 Å². The maximum atomic E-state index is 11.1. The first-order chi connectivity index (χ1) is 7.27. The fourth-order valence-electron chi connectivity index (χ4n) is 1.19. The van der Waals surface area contributed by atoms with Crippen LogP contribution in [0.15, 0.2) is 36.5 Å². The first kappa shape index (κ1) is 9.54. The van der Waals surface area contributed by atoms with Crippen LogP contribution in [0.4, 0.5) is 0 Å². The van der Waals surface area contributed by atoms with E-state index in [0.717, 1.165) is 0 Å². The van der Waals surface area contributed by atoms with E-state index in [4.69, 9.17) is 15.4 Å². The highest BCUT2D eigenvalue weighted by atomic mass is 17.0. The van der Waals surface area contributed by atoms with Crippen molar-refractivity contribution in [3.8, 4) is 5.75 Å². The van der Waals surface area contributed by atoms with Crippen molar-refractivity contribution >= 4 is 5.91 Å². The highest BCUT2D eigenvalue weighted by Crippen LogP contribution is 2.19. The quantitative estimate of drug-likeness (QED) is 0.795. The Hall–Kier alpha value is -2.01. The van der Waals surface area contributed by atoms with Crippen LogP contribution >= 0.6 is 0 Å². The average Bonchev–Trinajstić information content (AvgIpc) is 2.71.